The van der Waals surface area contributed by atoms with Gasteiger partial charge in [-0.25, -0.2) is 4.98 Å². The van der Waals surface area contributed by atoms with Crippen LogP contribution >= 0.6 is 61.1 Å². The van der Waals surface area contributed by atoms with Crippen LogP contribution in [0.15, 0.2) is 6.33 Å². The van der Waals surface area contributed by atoms with E-state index in [1.165, 1.54) is 3.70 Å². The zero-order chi connectivity index (χ0) is 10.1. The molecule has 5 heteroatoms. The summed E-state index contributed by atoms with van der Waals surface area (Å²) in [6.45, 7) is 5.49. The number of hydrogen-bond acceptors (Lipinski definition) is 1. The van der Waals surface area contributed by atoms with Crippen molar-refractivity contribution in [2.75, 3.05) is 5.33 Å². The Balaban J connectivity index is 2.80. The third-order valence-corrected chi connectivity index (χ3v) is 6.16. The minimum atomic E-state index is 0.281. The molecule has 0 aliphatic rings. The van der Waals surface area contributed by atoms with Crippen molar-refractivity contribution in [2.24, 2.45) is 5.41 Å². The number of aromatic nitrogens is 2. The van der Waals surface area contributed by atoms with Gasteiger partial charge in [-0.05, 0) is 50.6 Å². The fourth-order valence-electron chi connectivity index (χ4n) is 0.956. The Bertz CT molecular complexity index is 296. The lowest BCUT2D eigenvalue weighted by Crippen LogP contribution is -2.21. The highest BCUT2D eigenvalue weighted by atomic mass is 127. The minimum Gasteiger partial charge on any atom is -0.325 e. The van der Waals surface area contributed by atoms with Gasteiger partial charge in [0.25, 0.3) is 0 Å². The number of alkyl halides is 1. The topological polar surface area (TPSA) is 17.8 Å². The Morgan fingerprint density at radius 3 is 2.54 bits per heavy atom. The van der Waals surface area contributed by atoms with Gasteiger partial charge in [-0.15, -0.1) is 0 Å². The fourth-order valence-corrected chi connectivity index (χ4v) is 2.00. The molecule has 0 aromatic carbocycles. The molecule has 1 rings (SSSR count). The number of imidazole rings is 1. The lowest BCUT2D eigenvalue weighted by Gasteiger charge is -2.22. The Labute approximate surface area is 114 Å². The largest absolute Gasteiger partial charge is 0.325 e. The van der Waals surface area contributed by atoms with E-state index in [4.69, 9.17) is 0 Å². The van der Waals surface area contributed by atoms with Crippen LogP contribution in [0.5, 0.6) is 0 Å². The first-order valence-electron chi connectivity index (χ1n) is 3.88. The summed E-state index contributed by atoms with van der Waals surface area (Å²) in [5.74, 6) is 0. The van der Waals surface area contributed by atoms with Crippen LogP contribution < -0.4 is 0 Å². The smallest absolute Gasteiger partial charge is 0.132 e. The minimum absolute atomic E-state index is 0.281. The summed E-state index contributed by atoms with van der Waals surface area (Å²) in [6, 6.07) is 0. The molecule has 0 spiro atoms. The van der Waals surface area contributed by atoms with Crippen LogP contribution in [-0.4, -0.2) is 14.9 Å². The molecule has 1 aromatic heterocycles. The first kappa shape index (κ1) is 12.2. The lowest BCUT2D eigenvalue weighted by molar-refractivity contribution is 0.351. The first-order chi connectivity index (χ1) is 5.96. The van der Waals surface area contributed by atoms with Gasteiger partial charge in [0.2, 0.25) is 0 Å². The van der Waals surface area contributed by atoms with Gasteiger partial charge in [0.05, 0.1) is 6.33 Å². The Kier molecular flexibility index (Phi) is 4.49. The van der Waals surface area contributed by atoms with Gasteiger partial charge in [0.1, 0.15) is 7.40 Å². The molecule has 1 aromatic rings. The van der Waals surface area contributed by atoms with E-state index in [2.05, 4.69) is 84.5 Å². The predicted molar refractivity (Wildman–Crippen MR) is 75.2 cm³/mol. The molecule has 0 saturated heterocycles. The van der Waals surface area contributed by atoms with Gasteiger partial charge in [-0.1, -0.05) is 29.8 Å². The Hall–Kier alpha value is 1.15. The molecular formula is C8H11BrI2N2. The molecule has 1 heterocycles. The van der Waals surface area contributed by atoms with E-state index >= 15 is 0 Å². The third-order valence-electron chi connectivity index (χ3n) is 1.69. The molecule has 2 nitrogen and oxygen atoms in total. The molecule has 13 heavy (non-hydrogen) atoms. The number of halogens is 3. The normalized spacial score (nSPS) is 12.1. The van der Waals surface area contributed by atoms with Crippen molar-refractivity contribution in [3.63, 3.8) is 0 Å². The van der Waals surface area contributed by atoms with Gasteiger partial charge >= 0.3 is 0 Å². The van der Waals surface area contributed by atoms with Crippen molar-refractivity contribution in [1.29, 1.82) is 0 Å². The van der Waals surface area contributed by atoms with Crippen LogP contribution in [0, 0.1) is 12.8 Å². The van der Waals surface area contributed by atoms with E-state index < -0.39 is 0 Å². The summed E-state index contributed by atoms with van der Waals surface area (Å²) >= 11 is 8.11. The average Bonchev–Trinajstić information content (AvgIpc) is 2.36. The second-order valence-electron chi connectivity index (χ2n) is 3.75. The molecule has 0 radical (unpaired) electrons. The van der Waals surface area contributed by atoms with Crippen LogP contribution in [0.1, 0.15) is 13.8 Å². The van der Waals surface area contributed by atoms with Gasteiger partial charge in [0, 0.05) is 11.9 Å². The fraction of sp³-hybridized carbons (Fsp3) is 0.625. The molecule has 0 atom stereocenters. The standard InChI is InChI=1S/C8H11BrI2N2/c1-8(2,3-9)4-13-5-12-6(10)7(13)11/h5H,3-4H2,1-2H3. The van der Waals surface area contributed by atoms with Crippen molar-refractivity contribution in [1.82, 2.24) is 9.55 Å². The third kappa shape index (κ3) is 3.33. The van der Waals surface area contributed by atoms with Crippen molar-refractivity contribution >= 4 is 61.1 Å². The molecule has 0 unspecified atom stereocenters. The molecule has 0 aliphatic carbocycles. The van der Waals surface area contributed by atoms with Gasteiger partial charge in [-0.3, -0.25) is 0 Å². The maximum atomic E-state index is 4.26. The monoisotopic (exact) mass is 468 g/mol. The molecular weight excluding hydrogens is 458 g/mol. The van der Waals surface area contributed by atoms with Crippen LogP contribution in [0.4, 0.5) is 0 Å². The van der Waals surface area contributed by atoms with Crippen molar-refractivity contribution < 1.29 is 0 Å². The quantitative estimate of drug-likeness (QED) is 0.490. The van der Waals surface area contributed by atoms with Crippen LogP contribution in [0.3, 0.4) is 0 Å². The van der Waals surface area contributed by atoms with Gasteiger partial charge in [-0.2, -0.15) is 0 Å². The summed E-state index contributed by atoms with van der Waals surface area (Å²) in [6.07, 6.45) is 1.91. The highest BCUT2D eigenvalue weighted by molar-refractivity contribution is 14.1. The van der Waals surface area contributed by atoms with Crippen molar-refractivity contribution in [3.05, 3.63) is 13.7 Å². The summed E-state index contributed by atoms with van der Waals surface area (Å²) in [5.41, 5.74) is 0.281. The van der Waals surface area contributed by atoms with Crippen LogP contribution in [0.2, 0.25) is 0 Å². The van der Waals surface area contributed by atoms with E-state index in [0.717, 1.165) is 15.6 Å². The zero-order valence-electron chi connectivity index (χ0n) is 7.52. The SMILES string of the molecule is CC(C)(CBr)Cn1cnc(I)c1I. The predicted octanol–water partition coefficient (Wildman–Crippen LogP) is 3.51. The van der Waals surface area contributed by atoms with E-state index in [9.17, 15) is 0 Å². The van der Waals surface area contributed by atoms with Gasteiger partial charge in [0.15, 0.2) is 0 Å². The zero-order valence-corrected chi connectivity index (χ0v) is 13.4. The van der Waals surface area contributed by atoms with E-state index in [-0.39, 0.29) is 5.41 Å². The summed E-state index contributed by atoms with van der Waals surface area (Å²) in [4.78, 5) is 4.26. The van der Waals surface area contributed by atoms with E-state index in [1.54, 1.807) is 0 Å². The average molecular weight is 469 g/mol. The highest BCUT2D eigenvalue weighted by Crippen LogP contribution is 2.23. The maximum absolute atomic E-state index is 4.26. The maximum Gasteiger partial charge on any atom is 0.132 e. The molecule has 0 amide bonds. The molecule has 0 saturated carbocycles. The highest BCUT2D eigenvalue weighted by Gasteiger charge is 2.18. The summed E-state index contributed by atoms with van der Waals surface area (Å²) in [7, 11) is 0. The second kappa shape index (κ2) is 4.78. The first-order valence-corrected chi connectivity index (χ1v) is 7.16. The molecule has 0 N–H and O–H groups in total. The summed E-state index contributed by atoms with van der Waals surface area (Å²) in [5, 5.41) is 1.00. The van der Waals surface area contributed by atoms with Crippen LogP contribution in [0.25, 0.3) is 0 Å². The molecule has 0 bridgehead atoms. The summed E-state index contributed by atoms with van der Waals surface area (Å²) < 4.78 is 4.51. The number of rotatable bonds is 3. The van der Waals surface area contributed by atoms with E-state index in [0.29, 0.717) is 0 Å². The number of hydrogen-bond donors (Lipinski definition) is 0. The lowest BCUT2D eigenvalue weighted by atomic mass is 9.97. The number of nitrogens with zero attached hydrogens (tertiary/aromatic N) is 2. The Morgan fingerprint density at radius 2 is 2.15 bits per heavy atom. The molecule has 74 valence electrons. The van der Waals surface area contributed by atoms with Crippen molar-refractivity contribution in [2.45, 2.75) is 20.4 Å². The van der Waals surface area contributed by atoms with E-state index in [1.807, 2.05) is 6.33 Å². The second-order valence-corrected chi connectivity index (χ2v) is 6.36. The van der Waals surface area contributed by atoms with Crippen LogP contribution in [-0.2, 0) is 6.54 Å². The molecule has 0 aliphatic heterocycles. The molecule has 0 fully saturated rings. The Morgan fingerprint density at radius 1 is 1.54 bits per heavy atom. The van der Waals surface area contributed by atoms with Crippen molar-refractivity contribution in [3.8, 4) is 0 Å². The van der Waals surface area contributed by atoms with Gasteiger partial charge < -0.3 is 4.57 Å².